The van der Waals surface area contributed by atoms with Crippen molar-refractivity contribution in [2.24, 2.45) is 7.05 Å². The molecule has 0 aliphatic heterocycles. The van der Waals surface area contributed by atoms with Gasteiger partial charge in [0.1, 0.15) is 5.82 Å². The van der Waals surface area contributed by atoms with Gasteiger partial charge < -0.3 is 19.2 Å². The minimum Gasteiger partial charge on any atom is -0.490 e. The highest BCUT2D eigenvalue weighted by Gasteiger charge is 2.16. The van der Waals surface area contributed by atoms with Gasteiger partial charge in [0.25, 0.3) is 5.56 Å². The number of pyridine rings is 1. The number of rotatable bonds is 6. The predicted octanol–water partition coefficient (Wildman–Crippen LogP) is 3.86. The van der Waals surface area contributed by atoms with Crippen LogP contribution in [-0.4, -0.2) is 21.2 Å². The molecule has 4 aromatic rings. The van der Waals surface area contributed by atoms with Crippen molar-refractivity contribution < 1.29 is 9.13 Å². The Hall–Kier alpha value is -4.20. The van der Waals surface area contributed by atoms with Gasteiger partial charge in [0.15, 0.2) is 0 Å². The number of hydrogen-bond acceptors (Lipinski definition) is 5. The molecule has 8 heteroatoms. The molecule has 2 heterocycles. The Morgan fingerprint density at radius 3 is 2.55 bits per heavy atom. The molecule has 7 nitrogen and oxygen atoms in total. The molecule has 0 saturated heterocycles. The van der Waals surface area contributed by atoms with Crippen LogP contribution in [0.2, 0.25) is 0 Å². The monoisotopic (exact) mass is 446 g/mol. The minimum absolute atomic E-state index is 0.112. The van der Waals surface area contributed by atoms with Crippen molar-refractivity contribution in [2.75, 3.05) is 12.4 Å². The second-order valence-electron chi connectivity index (χ2n) is 7.66. The molecule has 2 aromatic heterocycles. The Morgan fingerprint density at radius 1 is 1.06 bits per heavy atom. The first-order valence-electron chi connectivity index (χ1n) is 10.3. The fourth-order valence-electron chi connectivity index (χ4n) is 3.55. The van der Waals surface area contributed by atoms with Gasteiger partial charge in [-0.05, 0) is 42.3 Å². The Morgan fingerprint density at radius 2 is 1.82 bits per heavy atom. The second kappa shape index (κ2) is 9.12. The van der Waals surface area contributed by atoms with Gasteiger partial charge in [0, 0.05) is 24.5 Å². The molecule has 0 aliphatic carbocycles. The van der Waals surface area contributed by atoms with E-state index in [1.807, 2.05) is 30.3 Å². The number of ether oxygens (including phenoxy) is 1. The van der Waals surface area contributed by atoms with Crippen molar-refractivity contribution in [1.29, 1.82) is 0 Å². The molecule has 0 saturated carbocycles. The van der Waals surface area contributed by atoms with Crippen LogP contribution in [0.25, 0.3) is 11.1 Å². The van der Waals surface area contributed by atoms with Crippen molar-refractivity contribution >= 4 is 11.6 Å². The van der Waals surface area contributed by atoms with Crippen molar-refractivity contribution in [3.05, 3.63) is 105 Å². The van der Waals surface area contributed by atoms with E-state index < -0.39 is 11.4 Å². The van der Waals surface area contributed by atoms with E-state index in [0.29, 0.717) is 17.8 Å². The van der Waals surface area contributed by atoms with Crippen LogP contribution >= 0.6 is 0 Å². The molecule has 1 N–H and O–H groups in total. The maximum Gasteiger partial charge on any atom is 0.316 e. The lowest BCUT2D eigenvalue weighted by atomic mass is 10.0. The van der Waals surface area contributed by atoms with Gasteiger partial charge in [-0.1, -0.05) is 30.3 Å². The lowest BCUT2D eigenvalue weighted by Crippen LogP contribution is -2.19. The van der Waals surface area contributed by atoms with Gasteiger partial charge in [-0.3, -0.25) is 9.59 Å². The van der Waals surface area contributed by atoms with E-state index in [2.05, 4.69) is 10.3 Å². The van der Waals surface area contributed by atoms with Crippen molar-refractivity contribution in [2.45, 2.75) is 13.5 Å². The Kier molecular flexibility index (Phi) is 6.08. The summed E-state index contributed by atoms with van der Waals surface area (Å²) in [6.45, 7) is 2.17. The van der Waals surface area contributed by atoms with Crippen LogP contribution in [-0.2, 0) is 13.6 Å². The summed E-state index contributed by atoms with van der Waals surface area (Å²) < 4.78 is 23.1. The lowest BCUT2D eigenvalue weighted by Gasteiger charge is -2.17. The molecule has 0 fully saturated rings. The van der Waals surface area contributed by atoms with E-state index in [0.717, 1.165) is 5.56 Å². The van der Waals surface area contributed by atoms with Crippen LogP contribution in [0.1, 0.15) is 11.1 Å². The Labute approximate surface area is 189 Å². The molecule has 0 spiro atoms. The van der Waals surface area contributed by atoms with Gasteiger partial charge in [-0.2, -0.15) is 4.98 Å². The first kappa shape index (κ1) is 22.0. The summed E-state index contributed by atoms with van der Waals surface area (Å²) in [5.74, 6) is -0.127. The van der Waals surface area contributed by atoms with Gasteiger partial charge in [-0.25, -0.2) is 4.39 Å². The molecular formula is C25H23FN4O3. The first-order chi connectivity index (χ1) is 15.9. The number of benzene rings is 2. The molecule has 0 unspecified atom stereocenters. The molecule has 0 atom stereocenters. The zero-order valence-corrected chi connectivity index (χ0v) is 18.5. The first-order valence-corrected chi connectivity index (χ1v) is 10.3. The highest BCUT2D eigenvalue weighted by Crippen LogP contribution is 2.29. The number of aromatic nitrogens is 3. The van der Waals surface area contributed by atoms with Crippen molar-refractivity contribution in [3.8, 4) is 16.9 Å². The lowest BCUT2D eigenvalue weighted by molar-refractivity contribution is 0.402. The van der Waals surface area contributed by atoms with E-state index in [9.17, 15) is 14.0 Å². The Balaban J connectivity index is 1.80. The smallest absolute Gasteiger partial charge is 0.316 e. The zero-order chi connectivity index (χ0) is 23.5. The summed E-state index contributed by atoms with van der Waals surface area (Å²) in [4.78, 5) is 29.1. The van der Waals surface area contributed by atoms with Crippen LogP contribution in [0.15, 0.2) is 76.6 Å². The Bertz CT molecular complexity index is 1430. The largest absolute Gasteiger partial charge is 0.490 e. The number of anilines is 2. The average molecular weight is 446 g/mol. The highest BCUT2D eigenvalue weighted by atomic mass is 19.1. The summed E-state index contributed by atoms with van der Waals surface area (Å²) in [7, 11) is 3.02. The third-order valence-corrected chi connectivity index (χ3v) is 5.35. The van der Waals surface area contributed by atoms with Gasteiger partial charge in [0.05, 0.1) is 25.4 Å². The molecule has 0 radical (unpaired) electrons. The van der Waals surface area contributed by atoms with E-state index in [1.165, 1.54) is 17.7 Å². The summed E-state index contributed by atoms with van der Waals surface area (Å²) >= 11 is 0. The van der Waals surface area contributed by atoms with Crippen molar-refractivity contribution in [3.63, 3.8) is 0 Å². The number of hydrogen-bond donors (Lipinski definition) is 1. The fraction of sp³-hybridized carbons (Fsp3) is 0.160. The predicted molar refractivity (Wildman–Crippen MR) is 126 cm³/mol. The summed E-state index contributed by atoms with van der Waals surface area (Å²) in [6, 6.07) is 15.9. The maximum absolute atomic E-state index is 14.8. The fourth-order valence-corrected chi connectivity index (χ4v) is 3.55. The van der Waals surface area contributed by atoms with Gasteiger partial charge in [-0.15, -0.1) is 0 Å². The molecule has 168 valence electrons. The zero-order valence-electron chi connectivity index (χ0n) is 18.5. The average Bonchev–Trinajstić information content (AvgIpc) is 2.80. The van der Waals surface area contributed by atoms with Crippen molar-refractivity contribution in [1.82, 2.24) is 14.1 Å². The van der Waals surface area contributed by atoms with E-state index >= 15 is 0 Å². The third kappa shape index (κ3) is 4.55. The quantitative estimate of drug-likeness (QED) is 0.487. The summed E-state index contributed by atoms with van der Waals surface area (Å²) in [5, 5.41) is 3.15. The standard InChI is InChI=1S/C25H23FN4O3/c1-16-12-20(26)19(18-10-7-11-29(2)24(18)32)13-21(16)27-25-28-23(31)22(33-3)15-30(25)14-17-8-5-4-6-9-17/h4-13,15H,14H2,1-3H3,(H,27,28,31). The molecule has 0 amide bonds. The molecule has 33 heavy (non-hydrogen) atoms. The number of aryl methyl sites for hydroxylation is 2. The normalized spacial score (nSPS) is 10.8. The highest BCUT2D eigenvalue weighted by molar-refractivity contribution is 5.72. The van der Waals surface area contributed by atoms with E-state index in [-0.39, 0.29) is 28.4 Å². The molecule has 0 bridgehead atoms. The minimum atomic E-state index is -0.527. The van der Waals surface area contributed by atoms with Crippen LogP contribution in [0, 0.1) is 12.7 Å². The van der Waals surface area contributed by atoms with Crippen LogP contribution in [0.3, 0.4) is 0 Å². The van der Waals surface area contributed by atoms with Crippen LogP contribution in [0.4, 0.5) is 16.0 Å². The summed E-state index contributed by atoms with van der Waals surface area (Å²) in [6.07, 6.45) is 3.19. The van der Waals surface area contributed by atoms with Crippen LogP contribution in [0.5, 0.6) is 5.75 Å². The number of methoxy groups -OCH3 is 1. The summed E-state index contributed by atoms with van der Waals surface area (Å²) in [5.41, 5.74) is 1.68. The molecular weight excluding hydrogens is 423 g/mol. The number of nitrogens with zero attached hydrogens (tertiary/aromatic N) is 3. The topological polar surface area (TPSA) is 78.2 Å². The van der Waals surface area contributed by atoms with Gasteiger partial charge >= 0.3 is 5.56 Å². The molecule has 2 aromatic carbocycles. The van der Waals surface area contributed by atoms with Gasteiger partial charge in [0.2, 0.25) is 11.7 Å². The third-order valence-electron chi connectivity index (χ3n) is 5.35. The number of nitrogens with one attached hydrogen (secondary N) is 1. The molecule has 4 rings (SSSR count). The molecule has 0 aliphatic rings. The second-order valence-corrected chi connectivity index (χ2v) is 7.66. The number of halogens is 1. The SMILES string of the molecule is COc1cn(Cc2ccccc2)c(Nc2cc(-c3cccn(C)c3=O)c(F)cc2C)nc1=O. The maximum atomic E-state index is 14.8. The van der Waals surface area contributed by atoms with Crippen LogP contribution < -0.4 is 21.2 Å². The van der Waals surface area contributed by atoms with E-state index in [1.54, 1.807) is 49.1 Å². The van der Waals surface area contributed by atoms with E-state index in [4.69, 9.17) is 4.74 Å².